The first-order valence-electron chi connectivity index (χ1n) is 6.30. The second-order valence-electron chi connectivity index (χ2n) is 5.14. The molecule has 2 unspecified atom stereocenters. The van der Waals surface area contributed by atoms with E-state index in [1.807, 2.05) is 13.8 Å². The van der Waals surface area contributed by atoms with Crippen LogP contribution in [0.1, 0.15) is 19.4 Å². The first kappa shape index (κ1) is 15.2. The molecule has 1 N–H and O–H groups in total. The van der Waals surface area contributed by atoms with E-state index in [0.717, 1.165) is 0 Å². The third-order valence-corrected chi connectivity index (χ3v) is 3.56. The molecule has 20 heavy (non-hydrogen) atoms. The zero-order valence-electron chi connectivity index (χ0n) is 11.1. The number of hydrogen-bond donors (Lipinski definition) is 1. The maximum atomic E-state index is 13.6. The Kier molecular flexibility index (Phi) is 4.29. The minimum Gasteiger partial charge on any atom is -0.311 e. The Morgan fingerprint density at radius 2 is 1.45 bits per heavy atom. The standard InChI is InChI=1S/C13H15F5N2/c1-6-4-20(7(2)3-19-6)5-8-9(14)11(16)13(18)12(17)10(8)15/h6-7,19H,3-5H2,1-2H3. The molecule has 1 heterocycles. The molecule has 0 aromatic heterocycles. The van der Waals surface area contributed by atoms with Crippen LogP contribution in [0.3, 0.4) is 0 Å². The van der Waals surface area contributed by atoms with Crippen LogP contribution < -0.4 is 5.32 Å². The van der Waals surface area contributed by atoms with Gasteiger partial charge in [0.05, 0.1) is 0 Å². The lowest BCUT2D eigenvalue weighted by molar-refractivity contribution is 0.134. The predicted molar refractivity (Wildman–Crippen MR) is 63.6 cm³/mol. The average molecular weight is 294 g/mol. The molecule has 2 atom stereocenters. The fourth-order valence-electron chi connectivity index (χ4n) is 2.31. The molecule has 0 aliphatic carbocycles. The summed E-state index contributed by atoms with van der Waals surface area (Å²) in [5.41, 5.74) is -0.776. The quantitative estimate of drug-likeness (QED) is 0.512. The van der Waals surface area contributed by atoms with Gasteiger partial charge in [0, 0.05) is 37.3 Å². The molecule has 1 saturated heterocycles. The molecular weight excluding hydrogens is 279 g/mol. The first-order chi connectivity index (χ1) is 9.32. The highest BCUT2D eigenvalue weighted by Crippen LogP contribution is 2.25. The molecule has 1 aromatic rings. The van der Waals surface area contributed by atoms with Crippen LogP contribution in [0, 0.1) is 29.1 Å². The SMILES string of the molecule is CC1CN(Cc2c(F)c(F)c(F)c(F)c2F)C(C)CN1. The topological polar surface area (TPSA) is 15.3 Å². The van der Waals surface area contributed by atoms with E-state index in [0.29, 0.717) is 13.1 Å². The maximum Gasteiger partial charge on any atom is 0.200 e. The summed E-state index contributed by atoms with van der Waals surface area (Å²) in [6, 6.07) is 0.0358. The van der Waals surface area contributed by atoms with E-state index < -0.39 is 34.6 Å². The molecule has 7 heteroatoms. The van der Waals surface area contributed by atoms with Crippen LogP contribution in [-0.4, -0.2) is 30.1 Å². The second kappa shape index (κ2) is 5.65. The molecule has 1 aliphatic heterocycles. The van der Waals surface area contributed by atoms with E-state index in [1.165, 1.54) is 0 Å². The zero-order valence-corrected chi connectivity index (χ0v) is 11.1. The van der Waals surface area contributed by atoms with E-state index >= 15 is 0 Å². The van der Waals surface area contributed by atoms with Gasteiger partial charge >= 0.3 is 0 Å². The monoisotopic (exact) mass is 294 g/mol. The lowest BCUT2D eigenvalue weighted by Crippen LogP contribution is -2.53. The highest BCUT2D eigenvalue weighted by atomic mass is 19.2. The Balaban J connectivity index is 2.34. The highest BCUT2D eigenvalue weighted by molar-refractivity contribution is 5.24. The zero-order chi connectivity index (χ0) is 15.0. The minimum atomic E-state index is -2.12. The fourth-order valence-corrected chi connectivity index (χ4v) is 2.31. The summed E-state index contributed by atoms with van der Waals surface area (Å²) >= 11 is 0. The molecular formula is C13H15F5N2. The normalized spacial score (nSPS) is 24.1. The van der Waals surface area contributed by atoms with Gasteiger partial charge in [0.1, 0.15) is 0 Å². The van der Waals surface area contributed by atoms with Crippen molar-refractivity contribution < 1.29 is 22.0 Å². The second-order valence-corrected chi connectivity index (χ2v) is 5.14. The predicted octanol–water partition coefficient (Wildman–Crippen LogP) is 2.56. The Morgan fingerprint density at radius 3 is 2.00 bits per heavy atom. The van der Waals surface area contributed by atoms with Gasteiger partial charge in [-0.15, -0.1) is 0 Å². The van der Waals surface area contributed by atoms with Crippen molar-refractivity contribution in [3.63, 3.8) is 0 Å². The van der Waals surface area contributed by atoms with Crippen LogP contribution in [0.4, 0.5) is 22.0 Å². The summed E-state index contributed by atoms with van der Waals surface area (Å²) < 4.78 is 66.5. The number of nitrogens with one attached hydrogen (secondary N) is 1. The lowest BCUT2D eigenvalue weighted by atomic mass is 10.1. The van der Waals surface area contributed by atoms with Crippen molar-refractivity contribution in [1.82, 2.24) is 10.2 Å². The van der Waals surface area contributed by atoms with E-state index in [4.69, 9.17) is 0 Å². The Morgan fingerprint density at radius 1 is 0.950 bits per heavy atom. The number of benzene rings is 1. The number of piperazine rings is 1. The van der Waals surface area contributed by atoms with Crippen LogP contribution in [0.15, 0.2) is 0 Å². The van der Waals surface area contributed by atoms with Crippen molar-refractivity contribution in [3.8, 4) is 0 Å². The number of hydrogen-bond acceptors (Lipinski definition) is 2. The molecule has 0 saturated carbocycles. The van der Waals surface area contributed by atoms with Crippen LogP contribution in [0.2, 0.25) is 0 Å². The smallest absolute Gasteiger partial charge is 0.200 e. The van der Waals surface area contributed by atoms with Crippen molar-refractivity contribution >= 4 is 0 Å². The molecule has 2 rings (SSSR count). The maximum absolute atomic E-state index is 13.6. The molecule has 0 spiro atoms. The van der Waals surface area contributed by atoms with E-state index in [-0.39, 0.29) is 18.6 Å². The first-order valence-corrected chi connectivity index (χ1v) is 6.30. The van der Waals surface area contributed by atoms with Gasteiger partial charge in [-0.05, 0) is 13.8 Å². The highest BCUT2D eigenvalue weighted by Gasteiger charge is 2.29. The molecule has 1 aromatic carbocycles. The van der Waals surface area contributed by atoms with Gasteiger partial charge in [0.15, 0.2) is 23.3 Å². The molecule has 2 nitrogen and oxygen atoms in total. The van der Waals surface area contributed by atoms with Crippen LogP contribution in [0.5, 0.6) is 0 Å². The Bertz CT molecular complexity index is 491. The van der Waals surface area contributed by atoms with E-state index in [9.17, 15) is 22.0 Å². The van der Waals surface area contributed by atoms with Crippen molar-refractivity contribution in [3.05, 3.63) is 34.6 Å². The summed E-state index contributed by atoms with van der Waals surface area (Å²) in [6.45, 7) is 4.47. The van der Waals surface area contributed by atoms with Gasteiger partial charge in [-0.25, -0.2) is 22.0 Å². The molecule has 0 bridgehead atoms. The minimum absolute atomic E-state index is 0.0545. The summed E-state index contributed by atoms with van der Waals surface area (Å²) in [7, 11) is 0. The van der Waals surface area contributed by atoms with Crippen molar-refractivity contribution in [2.75, 3.05) is 13.1 Å². The Labute approximate surface area is 113 Å². The van der Waals surface area contributed by atoms with Crippen LogP contribution >= 0.6 is 0 Å². The van der Waals surface area contributed by atoms with E-state index in [1.54, 1.807) is 4.90 Å². The fraction of sp³-hybridized carbons (Fsp3) is 0.538. The third-order valence-electron chi connectivity index (χ3n) is 3.56. The van der Waals surface area contributed by atoms with E-state index in [2.05, 4.69) is 5.32 Å². The van der Waals surface area contributed by atoms with Crippen molar-refractivity contribution in [2.24, 2.45) is 0 Å². The van der Waals surface area contributed by atoms with Crippen molar-refractivity contribution in [1.29, 1.82) is 0 Å². The molecule has 0 amide bonds. The number of halogens is 5. The average Bonchev–Trinajstić information content (AvgIpc) is 2.43. The van der Waals surface area contributed by atoms with Gasteiger partial charge in [-0.2, -0.15) is 0 Å². The summed E-state index contributed by atoms with van der Waals surface area (Å²) in [6.07, 6.45) is 0. The van der Waals surface area contributed by atoms with Gasteiger partial charge in [-0.3, -0.25) is 4.90 Å². The van der Waals surface area contributed by atoms with Crippen LogP contribution in [0.25, 0.3) is 0 Å². The Hall–Kier alpha value is -1.21. The molecule has 1 aliphatic rings. The van der Waals surface area contributed by atoms with Crippen molar-refractivity contribution in [2.45, 2.75) is 32.5 Å². The lowest BCUT2D eigenvalue weighted by Gasteiger charge is -2.37. The molecule has 1 fully saturated rings. The van der Waals surface area contributed by atoms with Crippen LogP contribution in [-0.2, 0) is 6.54 Å². The molecule has 112 valence electrons. The summed E-state index contributed by atoms with van der Waals surface area (Å²) in [5.74, 6) is -9.41. The summed E-state index contributed by atoms with van der Waals surface area (Å²) in [5, 5.41) is 3.17. The van der Waals surface area contributed by atoms with Gasteiger partial charge in [-0.1, -0.05) is 0 Å². The molecule has 0 radical (unpaired) electrons. The van der Waals surface area contributed by atoms with Gasteiger partial charge < -0.3 is 5.32 Å². The largest absolute Gasteiger partial charge is 0.311 e. The van der Waals surface area contributed by atoms with Gasteiger partial charge in [0.2, 0.25) is 5.82 Å². The van der Waals surface area contributed by atoms with Gasteiger partial charge in [0.25, 0.3) is 0 Å². The number of rotatable bonds is 2. The number of nitrogens with zero attached hydrogens (tertiary/aromatic N) is 1. The third kappa shape index (κ3) is 2.64. The summed E-state index contributed by atoms with van der Waals surface area (Å²) in [4.78, 5) is 1.69.